The number of carbonyl (C=O) groups is 1. The Morgan fingerprint density at radius 3 is 2.71 bits per heavy atom. The number of aryl methyl sites for hydroxylation is 2. The largest absolute Gasteiger partial charge is 0.491 e. The van der Waals surface area contributed by atoms with Gasteiger partial charge in [0, 0.05) is 0 Å². The quantitative estimate of drug-likeness (QED) is 0.745. The van der Waals surface area contributed by atoms with E-state index < -0.39 is 16.1 Å². The highest BCUT2D eigenvalue weighted by Gasteiger charge is 2.34. The lowest BCUT2D eigenvalue weighted by Crippen LogP contribution is -2.51. The molecule has 0 saturated heterocycles. The first-order valence-corrected chi connectivity index (χ1v) is 10.8. The molecule has 2 aromatic rings. The van der Waals surface area contributed by atoms with E-state index in [1.54, 1.807) is 12.1 Å². The van der Waals surface area contributed by atoms with Crippen LogP contribution < -0.4 is 19.1 Å². The second-order valence-electron chi connectivity index (χ2n) is 6.78. The van der Waals surface area contributed by atoms with E-state index in [2.05, 4.69) is 5.32 Å². The predicted octanol–water partition coefficient (Wildman–Crippen LogP) is 2.03. The number of para-hydroxylation sites is 1. The van der Waals surface area contributed by atoms with E-state index in [-0.39, 0.29) is 19.0 Å². The first kappa shape index (κ1) is 20.0. The Balaban J connectivity index is 1.63. The van der Waals surface area contributed by atoms with E-state index in [1.165, 1.54) is 4.31 Å². The fraction of sp³-hybridized carbons (Fsp3) is 0.350. The third-order valence-electron chi connectivity index (χ3n) is 4.43. The van der Waals surface area contributed by atoms with E-state index in [4.69, 9.17) is 9.47 Å². The summed E-state index contributed by atoms with van der Waals surface area (Å²) < 4.78 is 37.0. The number of hydrogen-bond donors (Lipinski definition) is 1. The number of anilines is 1. The van der Waals surface area contributed by atoms with Crippen molar-refractivity contribution >= 4 is 21.6 Å². The summed E-state index contributed by atoms with van der Waals surface area (Å²) in [7, 11) is -3.54. The molecule has 0 radical (unpaired) electrons. The number of amides is 1. The smallest absolute Gasteiger partial charge is 0.263 e. The van der Waals surface area contributed by atoms with Crippen molar-refractivity contribution in [3.63, 3.8) is 0 Å². The molecule has 1 unspecified atom stereocenters. The van der Waals surface area contributed by atoms with Crippen LogP contribution in [0.25, 0.3) is 0 Å². The minimum atomic E-state index is -3.54. The molecule has 150 valence electrons. The van der Waals surface area contributed by atoms with E-state index in [9.17, 15) is 13.2 Å². The Hall–Kier alpha value is -2.74. The minimum absolute atomic E-state index is 0.0697. The number of sulfonamides is 1. The second-order valence-corrected chi connectivity index (χ2v) is 8.68. The maximum absolute atomic E-state index is 12.5. The van der Waals surface area contributed by atoms with Gasteiger partial charge in [-0.05, 0) is 43.2 Å². The van der Waals surface area contributed by atoms with Gasteiger partial charge in [0.25, 0.3) is 5.91 Å². The maximum Gasteiger partial charge on any atom is 0.263 e. The van der Waals surface area contributed by atoms with E-state index in [0.717, 1.165) is 23.1 Å². The first-order chi connectivity index (χ1) is 13.3. The summed E-state index contributed by atoms with van der Waals surface area (Å²) >= 11 is 0. The normalized spacial score (nSPS) is 16.1. The zero-order valence-corrected chi connectivity index (χ0v) is 17.0. The Morgan fingerprint density at radius 1 is 1.25 bits per heavy atom. The van der Waals surface area contributed by atoms with Gasteiger partial charge in [-0.15, -0.1) is 0 Å². The third-order valence-corrected chi connectivity index (χ3v) is 5.58. The Kier molecular flexibility index (Phi) is 5.79. The summed E-state index contributed by atoms with van der Waals surface area (Å²) in [6, 6.07) is 12.9. The lowest BCUT2D eigenvalue weighted by Gasteiger charge is -2.34. The van der Waals surface area contributed by atoms with Crippen LogP contribution in [0.15, 0.2) is 42.5 Å². The summed E-state index contributed by atoms with van der Waals surface area (Å²) in [5, 5.41) is 2.75. The molecule has 8 heteroatoms. The molecular formula is C20H24N2O5S. The van der Waals surface area contributed by atoms with Crippen molar-refractivity contribution in [2.75, 3.05) is 30.3 Å². The number of hydrogen-bond acceptors (Lipinski definition) is 5. The van der Waals surface area contributed by atoms with Crippen LogP contribution in [0.1, 0.15) is 11.1 Å². The zero-order valence-electron chi connectivity index (χ0n) is 16.1. The molecule has 1 aliphatic rings. The summed E-state index contributed by atoms with van der Waals surface area (Å²) in [5.74, 6) is 0.755. The van der Waals surface area contributed by atoms with Crippen LogP contribution in [0.3, 0.4) is 0 Å². The molecule has 0 aromatic heterocycles. The number of ether oxygens (including phenoxy) is 2. The van der Waals surface area contributed by atoms with Gasteiger partial charge in [-0.2, -0.15) is 0 Å². The summed E-state index contributed by atoms with van der Waals surface area (Å²) in [6.45, 7) is 4.33. The molecule has 2 aromatic carbocycles. The van der Waals surface area contributed by atoms with E-state index in [0.29, 0.717) is 18.0 Å². The monoisotopic (exact) mass is 404 g/mol. The van der Waals surface area contributed by atoms with Crippen molar-refractivity contribution < 1.29 is 22.7 Å². The lowest BCUT2D eigenvalue weighted by molar-refractivity contribution is -0.127. The molecule has 0 aliphatic carbocycles. The predicted molar refractivity (Wildman–Crippen MR) is 107 cm³/mol. The fourth-order valence-electron chi connectivity index (χ4n) is 2.98. The highest BCUT2D eigenvalue weighted by atomic mass is 32.2. The van der Waals surface area contributed by atoms with Crippen molar-refractivity contribution in [3.05, 3.63) is 53.6 Å². The Labute approximate surface area is 165 Å². The lowest BCUT2D eigenvalue weighted by atomic mass is 10.1. The number of benzene rings is 2. The van der Waals surface area contributed by atoms with E-state index in [1.807, 2.05) is 44.2 Å². The number of nitrogens with one attached hydrogen (secondary N) is 1. The maximum atomic E-state index is 12.5. The Bertz CT molecular complexity index is 974. The van der Waals surface area contributed by atoms with Gasteiger partial charge < -0.3 is 14.8 Å². The number of rotatable bonds is 6. The SMILES string of the molecule is Cc1ccc2c(c1)N(S(C)(=O)=O)CC(C(=O)NCCOc1ccccc1C)O2. The molecule has 0 bridgehead atoms. The van der Waals surface area contributed by atoms with Crippen molar-refractivity contribution in [1.29, 1.82) is 0 Å². The third kappa shape index (κ3) is 4.56. The van der Waals surface area contributed by atoms with Gasteiger partial charge in [0.05, 0.1) is 25.0 Å². The zero-order chi connectivity index (χ0) is 20.3. The average molecular weight is 404 g/mol. The van der Waals surface area contributed by atoms with Gasteiger partial charge in [0.1, 0.15) is 18.1 Å². The first-order valence-electron chi connectivity index (χ1n) is 8.97. The van der Waals surface area contributed by atoms with Gasteiger partial charge in [-0.3, -0.25) is 9.10 Å². The van der Waals surface area contributed by atoms with Gasteiger partial charge in [0.2, 0.25) is 10.0 Å². The van der Waals surface area contributed by atoms with Crippen LogP contribution in [0.2, 0.25) is 0 Å². The van der Waals surface area contributed by atoms with Crippen molar-refractivity contribution in [1.82, 2.24) is 5.32 Å². The number of carbonyl (C=O) groups excluding carboxylic acids is 1. The molecular weight excluding hydrogens is 380 g/mol. The van der Waals surface area contributed by atoms with E-state index >= 15 is 0 Å². The van der Waals surface area contributed by atoms with Gasteiger partial charge >= 0.3 is 0 Å². The van der Waals surface area contributed by atoms with Gasteiger partial charge in [-0.1, -0.05) is 24.3 Å². The molecule has 1 atom stereocenters. The van der Waals surface area contributed by atoms with Crippen molar-refractivity contribution in [3.8, 4) is 11.5 Å². The van der Waals surface area contributed by atoms with Crippen LogP contribution in [0.4, 0.5) is 5.69 Å². The van der Waals surface area contributed by atoms with Crippen LogP contribution in [-0.4, -0.2) is 46.4 Å². The van der Waals surface area contributed by atoms with Gasteiger partial charge in [-0.25, -0.2) is 8.42 Å². The van der Waals surface area contributed by atoms with Crippen molar-refractivity contribution in [2.45, 2.75) is 20.0 Å². The molecule has 1 heterocycles. The molecule has 0 fully saturated rings. The molecule has 3 rings (SSSR count). The minimum Gasteiger partial charge on any atom is -0.491 e. The highest BCUT2D eigenvalue weighted by Crippen LogP contribution is 2.35. The summed E-state index contributed by atoms with van der Waals surface area (Å²) in [5.41, 5.74) is 2.38. The molecule has 28 heavy (non-hydrogen) atoms. The molecule has 0 spiro atoms. The average Bonchev–Trinajstić information content (AvgIpc) is 2.64. The molecule has 1 N–H and O–H groups in total. The summed E-state index contributed by atoms with van der Waals surface area (Å²) in [6.07, 6.45) is 0.193. The second kappa shape index (κ2) is 8.10. The van der Waals surface area contributed by atoms with Crippen LogP contribution in [0.5, 0.6) is 11.5 Å². The standard InChI is InChI=1S/C20H24N2O5S/c1-14-8-9-18-16(12-14)22(28(3,24)25)13-19(27-18)20(23)21-10-11-26-17-7-5-4-6-15(17)2/h4-9,12,19H,10-11,13H2,1-3H3,(H,21,23). The van der Waals surface area contributed by atoms with Gasteiger partial charge in [0.15, 0.2) is 6.10 Å². The topological polar surface area (TPSA) is 84.9 Å². The number of nitrogens with zero attached hydrogens (tertiary/aromatic N) is 1. The molecule has 7 nitrogen and oxygen atoms in total. The highest BCUT2D eigenvalue weighted by molar-refractivity contribution is 7.92. The molecule has 1 amide bonds. The van der Waals surface area contributed by atoms with Crippen molar-refractivity contribution in [2.24, 2.45) is 0 Å². The number of fused-ring (bicyclic) bond motifs is 1. The Morgan fingerprint density at radius 2 is 2.00 bits per heavy atom. The molecule has 1 aliphatic heterocycles. The summed E-state index contributed by atoms with van der Waals surface area (Å²) in [4.78, 5) is 12.5. The molecule has 0 saturated carbocycles. The van der Waals surface area contributed by atoms with Crippen LogP contribution >= 0.6 is 0 Å². The van der Waals surface area contributed by atoms with Crippen LogP contribution in [0, 0.1) is 13.8 Å². The van der Waals surface area contributed by atoms with Crippen LogP contribution in [-0.2, 0) is 14.8 Å². The fourth-order valence-corrected chi connectivity index (χ4v) is 3.89.